The van der Waals surface area contributed by atoms with Crippen molar-refractivity contribution in [3.63, 3.8) is 0 Å². The summed E-state index contributed by atoms with van der Waals surface area (Å²) in [7, 11) is 0. The van der Waals surface area contributed by atoms with Gasteiger partial charge in [0.15, 0.2) is 0 Å². The van der Waals surface area contributed by atoms with Gasteiger partial charge in [-0.2, -0.15) is 5.10 Å². The highest BCUT2D eigenvalue weighted by atomic mass is 16.5. The number of carbonyl (C=O) groups excluding carboxylic acids is 2. The Morgan fingerprint density at radius 1 is 0.909 bits per heavy atom. The highest BCUT2D eigenvalue weighted by Gasteiger charge is 2.08. The van der Waals surface area contributed by atoms with Gasteiger partial charge < -0.3 is 14.8 Å². The van der Waals surface area contributed by atoms with Crippen molar-refractivity contribution in [2.45, 2.75) is 19.8 Å². The summed E-state index contributed by atoms with van der Waals surface area (Å²) in [4.78, 5) is 24.2. The first-order valence-electron chi connectivity index (χ1n) is 10.8. The monoisotopic (exact) mass is 445 g/mol. The van der Waals surface area contributed by atoms with Gasteiger partial charge in [0.05, 0.1) is 19.4 Å². The molecule has 7 heteroatoms. The normalized spacial score (nSPS) is 10.6. The lowest BCUT2D eigenvalue weighted by atomic mass is 10.2. The number of benzene rings is 3. The number of nitrogens with zero attached hydrogens (tertiary/aromatic N) is 1. The Bertz CT molecular complexity index is 1070. The van der Waals surface area contributed by atoms with Crippen molar-refractivity contribution in [1.29, 1.82) is 0 Å². The highest BCUT2D eigenvalue weighted by molar-refractivity contribution is 5.96. The molecule has 0 spiro atoms. The maximum absolute atomic E-state index is 12.2. The smallest absolute Gasteiger partial charge is 0.259 e. The van der Waals surface area contributed by atoms with Crippen molar-refractivity contribution in [1.82, 2.24) is 10.7 Å². The van der Waals surface area contributed by atoms with E-state index >= 15 is 0 Å². The molecule has 3 aromatic carbocycles. The second kappa shape index (κ2) is 12.7. The Morgan fingerprint density at radius 2 is 1.67 bits per heavy atom. The Kier molecular flexibility index (Phi) is 9.03. The maximum Gasteiger partial charge on any atom is 0.259 e. The fraction of sp³-hybridized carbons (Fsp3) is 0.192. The van der Waals surface area contributed by atoms with E-state index < -0.39 is 5.91 Å². The maximum atomic E-state index is 12.2. The van der Waals surface area contributed by atoms with Crippen LogP contribution in [0.1, 0.15) is 35.7 Å². The lowest BCUT2D eigenvalue weighted by molar-refractivity contribution is -0.120. The molecule has 33 heavy (non-hydrogen) atoms. The van der Waals surface area contributed by atoms with Crippen LogP contribution in [0.25, 0.3) is 0 Å². The standard InChI is InChI=1S/C26H27N3O4/c1-2-3-16-32-22-14-12-21(13-15-22)26(31)27-19-25(30)29-28-18-20-8-7-11-24(17-20)33-23-9-5-4-6-10-23/h4-15,17-18H,2-3,16,19H2,1H3,(H,27,31)(H,29,30)/b28-18-. The van der Waals surface area contributed by atoms with E-state index in [4.69, 9.17) is 9.47 Å². The summed E-state index contributed by atoms with van der Waals surface area (Å²) < 4.78 is 11.4. The molecule has 0 aliphatic rings. The zero-order valence-electron chi connectivity index (χ0n) is 18.5. The number of hydrogen-bond acceptors (Lipinski definition) is 5. The Hall–Kier alpha value is -4.13. The largest absolute Gasteiger partial charge is 0.494 e. The Morgan fingerprint density at radius 3 is 2.42 bits per heavy atom. The number of nitrogens with one attached hydrogen (secondary N) is 2. The second-order valence-electron chi connectivity index (χ2n) is 7.19. The van der Waals surface area contributed by atoms with Crippen LogP contribution in [-0.2, 0) is 4.79 Å². The van der Waals surface area contributed by atoms with Gasteiger partial charge in [-0.1, -0.05) is 43.7 Å². The minimum absolute atomic E-state index is 0.192. The topological polar surface area (TPSA) is 89.0 Å². The van der Waals surface area contributed by atoms with Gasteiger partial charge in [-0.15, -0.1) is 0 Å². The summed E-state index contributed by atoms with van der Waals surface area (Å²) in [5.41, 5.74) is 3.61. The van der Waals surface area contributed by atoms with Crippen molar-refractivity contribution in [2.24, 2.45) is 5.10 Å². The molecule has 170 valence electrons. The van der Waals surface area contributed by atoms with Gasteiger partial charge in [-0.3, -0.25) is 9.59 Å². The molecule has 0 saturated carbocycles. The number of para-hydroxylation sites is 1. The van der Waals surface area contributed by atoms with E-state index in [1.54, 1.807) is 30.3 Å². The Balaban J connectivity index is 1.42. The SMILES string of the molecule is CCCCOc1ccc(C(=O)NCC(=O)N/N=C\c2cccc(Oc3ccccc3)c2)cc1. The number of carbonyl (C=O) groups is 2. The van der Waals surface area contributed by atoms with Gasteiger partial charge in [0.2, 0.25) is 0 Å². The molecular weight excluding hydrogens is 418 g/mol. The van der Waals surface area contributed by atoms with Crippen LogP contribution in [0.15, 0.2) is 84.0 Å². The van der Waals surface area contributed by atoms with Gasteiger partial charge in [-0.05, 0) is 60.5 Å². The Labute approximate surface area is 193 Å². The minimum Gasteiger partial charge on any atom is -0.494 e. The molecule has 0 aliphatic heterocycles. The summed E-state index contributed by atoms with van der Waals surface area (Å²) >= 11 is 0. The van der Waals surface area contributed by atoms with Crippen molar-refractivity contribution < 1.29 is 19.1 Å². The van der Waals surface area contributed by atoms with Crippen LogP contribution in [0.3, 0.4) is 0 Å². The molecule has 0 aromatic heterocycles. The summed E-state index contributed by atoms with van der Waals surface area (Å²) in [6.45, 7) is 2.55. The van der Waals surface area contributed by atoms with Crippen molar-refractivity contribution in [2.75, 3.05) is 13.2 Å². The molecule has 3 aromatic rings. The van der Waals surface area contributed by atoms with Crippen LogP contribution in [0, 0.1) is 0 Å². The van der Waals surface area contributed by atoms with E-state index in [1.165, 1.54) is 6.21 Å². The molecule has 3 rings (SSSR count). The van der Waals surface area contributed by atoms with E-state index in [0.29, 0.717) is 23.7 Å². The highest BCUT2D eigenvalue weighted by Crippen LogP contribution is 2.21. The van der Waals surface area contributed by atoms with E-state index in [1.807, 2.05) is 48.5 Å². The average Bonchev–Trinajstić information content (AvgIpc) is 2.84. The fourth-order valence-corrected chi connectivity index (χ4v) is 2.80. The number of amides is 2. The predicted octanol–water partition coefficient (Wildman–Crippen LogP) is 4.54. The van der Waals surface area contributed by atoms with Crippen molar-refractivity contribution in [3.05, 3.63) is 90.0 Å². The minimum atomic E-state index is -0.434. The molecule has 0 saturated heterocycles. The molecule has 7 nitrogen and oxygen atoms in total. The lowest BCUT2D eigenvalue weighted by Gasteiger charge is -2.07. The van der Waals surface area contributed by atoms with E-state index in [2.05, 4.69) is 22.8 Å². The van der Waals surface area contributed by atoms with Crippen molar-refractivity contribution >= 4 is 18.0 Å². The predicted molar refractivity (Wildman–Crippen MR) is 128 cm³/mol. The number of ether oxygens (including phenoxy) is 2. The first kappa shape index (κ1) is 23.5. The van der Waals surface area contributed by atoms with Gasteiger partial charge in [0.1, 0.15) is 17.2 Å². The van der Waals surface area contributed by atoms with Crippen LogP contribution in [0.5, 0.6) is 17.2 Å². The zero-order valence-corrected chi connectivity index (χ0v) is 18.5. The van der Waals surface area contributed by atoms with E-state index in [-0.39, 0.29) is 12.5 Å². The molecule has 0 aliphatic carbocycles. The van der Waals surface area contributed by atoms with Crippen LogP contribution in [-0.4, -0.2) is 31.2 Å². The molecule has 0 heterocycles. The third kappa shape index (κ3) is 8.14. The molecule has 2 N–H and O–H groups in total. The summed E-state index contributed by atoms with van der Waals surface area (Å²) in [6.07, 6.45) is 3.54. The van der Waals surface area contributed by atoms with Gasteiger partial charge in [-0.25, -0.2) is 5.43 Å². The van der Waals surface area contributed by atoms with Gasteiger partial charge >= 0.3 is 0 Å². The zero-order chi connectivity index (χ0) is 23.3. The molecule has 2 amide bonds. The molecule has 0 bridgehead atoms. The number of hydrogen-bond donors (Lipinski definition) is 2. The number of hydrazone groups is 1. The van der Waals surface area contributed by atoms with Gasteiger partial charge in [0, 0.05) is 5.56 Å². The van der Waals surface area contributed by atoms with Crippen LogP contribution in [0.2, 0.25) is 0 Å². The number of unbranched alkanes of at least 4 members (excludes halogenated alkanes) is 1. The van der Waals surface area contributed by atoms with Crippen molar-refractivity contribution in [3.8, 4) is 17.2 Å². The van der Waals surface area contributed by atoms with Gasteiger partial charge in [0.25, 0.3) is 11.8 Å². The summed E-state index contributed by atoms with van der Waals surface area (Å²) in [5, 5.41) is 6.51. The third-order valence-corrected chi connectivity index (χ3v) is 4.53. The first-order valence-corrected chi connectivity index (χ1v) is 10.8. The molecule has 0 atom stereocenters. The van der Waals surface area contributed by atoms with E-state index in [0.717, 1.165) is 24.2 Å². The summed E-state index contributed by atoms with van der Waals surface area (Å²) in [6, 6.07) is 23.6. The van der Waals surface area contributed by atoms with Crippen LogP contribution in [0.4, 0.5) is 0 Å². The molecule has 0 fully saturated rings. The van der Waals surface area contributed by atoms with Crippen LogP contribution < -0.4 is 20.2 Å². The first-order chi connectivity index (χ1) is 16.1. The third-order valence-electron chi connectivity index (χ3n) is 4.53. The molecular formula is C26H27N3O4. The molecule has 0 unspecified atom stereocenters. The molecule has 0 radical (unpaired) electrons. The van der Waals surface area contributed by atoms with Crippen LogP contribution >= 0.6 is 0 Å². The number of rotatable bonds is 11. The average molecular weight is 446 g/mol. The quantitative estimate of drug-likeness (QED) is 0.258. The second-order valence-corrected chi connectivity index (χ2v) is 7.19. The lowest BCUT2D eigenvalue weighted by Crippen LogP contribution is -2.34. The summed E-state index contributed by atoms with van der Waals surface area (Å²) in [5.74, 6) is 1.32. The fourth-order valence-electron chi connectivity index (χ4n) is 2.80. The van der Waals surface area contributed by atoms with E-state index in [9.17, 15) is 9.59 Å².